The highest BCUT2D eigenvalue weighted by Crippen LogP contribution is 2.20. The summed E-state index contributed by atoms with van der Waals surface area (Å²) in [6.07, 6.45) is -0.357. The molecule has 17 heavy (non-hydrogen) atoms. The van der Waals surface area contributed by atoms with Crippen molar-refractivity contribution in [2.75, 3.05) is 6.54 Å². The molecular formula is C14H22ClNO. The van der Waals surface area contributed by atoms with Crippen molar-refractivity contribution in [2.45, 2.75) is 39.8 Å². The highest BCUT2D eigenvalue weighted by Gasteiger charge is 2.22. The minimum absolute atomic E-state index is 0.0962. The van der Waals surface area contributed by atoms with E-state index in [0.717, 1.165) is 10.6 Å². The summed E-state index contributed by atoms with van der Waals surface area (Å²) >= 11 is 5.95. The first-order valence-electron chi connectivity index (χ1n) is 5.97. The van der Waals surface area contributed by atoms with Crippen molar-refractivity contribution in [3.05, 3.63) is 34.9 Å². The maximum Gasteiger partial charge on any atom is 0.0712 e. The lowest BCUT2D eigenvalue weighted by Gasteiger charge is -2.27. The first kappa shape index (κ1) is 14.5. The Labute approximate surface area is 109 Å². The van der Waals surface area contributed by atoms with Crippen LogP contribution < -0.4 is 5.32 Å². The van der Waals surface area contributed by atoms with E-state index in [1.807, 2.05) is 45.0 Å². The van der Waals surface area contributed by atoms with Gasteiger partial charge in [-0.1, -0.05) is 44.5 Å². The summed E-state index contributed by atoms with van der Waals surface area (Å²) < 4.78 is 0. The van der Waals surface area contributed by atoms with Gasteiger partial charge in [0, 0.05) is 17.6 Å². The van der Waals surface area contributed by atoms with Crippen LogP contribution in [-0.2, 0) is 0 Å². The van der Waals surface area contributed by atoms with Gasteiger partial charge in [0.2, 0.25) is 0 Å². The quantitative estimate of drug-likeness (QED) is 0.864. The zero-order valence-electron chi connectivity index (χ0n) is 11.0. The summed E-state index contributed by atoms with van der Waals surface area (Å²) in [5.41, 5.74) is 1.04. The lowest BCUT2D eigenvalue weighted by molar-refractivity contribution is 0.0609. The molecule has 3 heteroatoms. The highest BCUT2D eigenvalue weighted by molar-refractivity contribution is 6.30. The molecule has 0 aromatic heterocycles. The second-order valence-corrected chi connectivity index (χ2v) is 6.00. The Bertz CT molecular complexity index is 359. The Balaban J connectivity index is 2.53. The largest absolute Gasteiger partial charge is 0.391 e. The van der Waals surface area contributed by atoms with Crippen molar-refractivity contribution in [3.63, 3.8) is 0 Å². The molecular weight excluding hydrogens is 234 g/mol. The molecule has 0 heterocycles. The molecule has 0 saturated carbocycles. The summed E-state index contributed by atoms with van der Waals surface area (Å²) in [6, 6.07) is 7.97. The van der Waals surface area contributed by atoms with E-state index in [1.54, 1.807) is 0 Å². The summed E-state index contributed by atoms with van der Waals surface area (Å²) in [5.74, 6) is 0. The first-order valence-corrected chi connectivity index (χ1v) is 6.35. The molecule has 96 valence electrons. The Morgan fingerprint density at radius 2 is 2.00 bits per heavy atom. The second kappa shape index (κ2) is 5.85. The zero-order chi connectivity index (χ0) is 13.1. The van der Waals surface area contributed by atoms with Crippen LogP contribution >= 0.6 is 11.6 Å². The Morgan fingerprint density at radius 3 is 2.53 bits per heavy atom. The van der Waals surface area contributed by atoms with E-state index < -0.39 is 0 Å². The normalized spacial score (nSPS) is 15.6. The number of halogens is 1. The maximum absolute atomic E-state index is 9.95. The van der Waals surface area contributed by atoms with Gasteiger partial charge in [0.1, 0.15) is 0 Å². The predicted octanol–water partition coefficient (Wildman–Crippen LogP) is 3.40. The van der Waals surface area contributed by atoms with Crippen LogP contribution in [0.5, 0.6) is 0 Å². The number of aliphatic hydroxyl groups excluding tert-OH is 1. The fourth-order valence-electron chi connectivity index (χ4n) is 1.49. The molecule has 1 rings (SSSR count). The van der Waals surface area contributed by atoms with Crippen molar-refractivity contribution < 1.29 is 5.11 Å². The molecule has 0 spiro atoms. The molecule has 0 fully saturated rings. The predicted molar refractivity (Wildman–Crippen MR) is 73.3 cm³/mol. The van der Waals surface area contributed by atoms with Crippen molar-refractivity contribution >= 4 is 11.6 Å². The van der Waals surface area contributed by atoms with Crippen LogP contribution in [0.1, 0.15) is 39.3 Å². The van der Waals surface area contributed by atoms with Crippen LogP contribution in [-0.4, -0.2) is 17.8 Å². The molecule has 2 atom stereocenters. The van der Waals surface area contributed by atoms with Crippen LogP contribution in [0.2, 0.25) is 5.02 Å². The van der Waals surface area contributed by atoms with E-state index in [4.69, 9.17) is 11.6 Å². The van der Waals surface area contributed by atoms with E-state index >= 15 is 0 Å². The molecule has 0 aliphatic carbocycles. The number of aliphatic hydroxyl groups is 1. The molecule has 1 aromatic rings. The van der Waals surface area contributed by atoms with Gasteiger partial charge in [-0.3, -0.25) is 0 Å². The number of hydrogen-bond acceptors (Lipinski definition) is 2. The lowest BCUT2D eigenvalue weighted by Crippen LogP contribution is -2.37. The van der Waals surface area contributed by atoms with E-state index in [1.165, 1.54) is 0 Å². The molecule has 1 aromatic carbocycles. The molecule has 0 aliphatic rings. The smallest absolute Gasteiger partial charge is 0.0712 e. The van der Waals surface area contributed by atoms with Gasteiger partial charge >= 0.3 is 0 Å². The highest BCUT2D eigenvalue weighted by atomic mass is 35.5. The van der Waals surface area contributed by atoms with E-state index in [0.29, 0.717) is 6.54 Å². The van der Waals surface area contributed by atoms with Gasteiger partial charge in [-0.15, -0.1) is 0 Å². The lowest BCUT2D eigenvalue weighted by atomic mass is 9.89. The third kappa shape index (κ3) is 4.66. The minimum atomic E-state index is -0.357. The summed E-state index contributed by atoms with van der Waals surface area (Å²) in [6.45, 7) is 8.74. The van der Waals surface area contributed by atoms with Gasteiger partial charge in [0.15, 0.2) is 0 Å². The van der Waals surface area contributed by atoms with Crippen molar-refractivity contribution in [1.29, 1.82) is 0 Å². The van der Waals surface area contributed by atoms with Crippen LogP contribution in [0, 0.1) is 5.41 Å². The number of hydrogen-bond donors (Lipinski definition) is 2. The van der Waals surface area contributed by atoms with E-state index in [9.17, 15) is 5.11 Å². The standard InChI is InChI=1S/C14H22ClNO/c1-10(11-6-5-7-12(15)8-11)16-9-13(17)14(2,3)4/h5-8,10,13,16-17H,9H2,1-4H3/t10-,13?/m0/s1. The fraction of sp³-hybridized carbons (Fsp3) is 0.571. The average molecular weight is 256 g/mol. The van der Waals surface area contributed by atoms with Gasteiger partial charge in [-0.2, -0.15) is 0 Å². The Kier molecular flexibility index (Phi) is 4.99. The fourth-order valence-corrected chi connectivity index (χ4v) is 1.69. The second-order valence-electron chi connectivity index (χ2n) is 5.57. The Hall–Kier alpha value is -0.570. The van der Waals surface area contributed by atoms with Gasteiger partial charge in [-0.25, -0.2) is 0 Å². The summed E-state index contributed by atoms with van der Waals surface area (Å²) in [7, 11) is 0. The minimum Gasteiger partial charge on any atom is -0.391 e. The van der Waals surface area contributed by atoms with Gasteiger partial charge in [-0.05, 0) is 30.0 Å². The maximum atomic E-state index is 9.95. The molecule has 0 bridgehead atoms. The monoisotopic (exact) mass is 255 g/mol. The third-order valence-electron chi connectivity index (χ3n) is 2.97. The zero-order valence-corrected chi connectivity index (χ0v) is 11.8. The molecule has 2 nitrogen and oxygen atoms in total. The SMILES string of the molecule is C[C@H](NCC(O)C(C)(C)C)c1cccc(Cl)c1. The topological polar surface area (TPSA) is 32.3 Å². The number of benzene rings is 1. The molecule has 0 saturated heterocycles. The van der Waals surface area contributed by atoms with Crippen molar-refractivity contribution in [3.8, 4) is 0 Å². The Morgan fingerprint density at radius 1 is 1.35 bits per heavy atom. The van der Waals surface area contributed by atoms with Gasteiger partial charge in [0.25, 0.3) is 0 Å². The van der Waals surface area contributed by atoms with Gasteiger partial charge in [0.05, 0.1) is 6.10 Å². The van der Waals surface area contributed by atoms with Crippen LogP contribution in [0.15, 0.2) is 24.3 Å². The van der Waals surface area contributed by atoms with Crippen molar-refractivity contribution in [1.82, 2.24) is 5.32 Å². The van der Waals surface area contributed by atoms with E-state index in [2.05, 4.69) is 12.2 Å². The molecule has 0 aliphatic heterocycles. The van der Waals surface area contributed by atoms with Crippen LogP contribution in [0.4, 0.5) is 0 Å². The molecule has 0 radical (unpaired) electrons. The molecule has 0 amide bonds. The van der Waals surface area contributed by atoms with Gasteiger partial charge < -0.3 is 10.4 Å². The number of rotatable bonds is 4. The average Bonchev–Trinajstić information content (AvgIpc) is 2.24. The first-order chi connectivity index (χ1) is 7.80. The van der Waals surface area contributed by atoms with Crippen molar-refractivity contribution in [2.24, 2.45) is 5.41 Å². The van der Waals surface area contributed by atoms with E-state index in [-0.39, 0.29) is 17.6 Å². The molecule has 1 unspecified atom stereocenters. The van der Waals surface area contributed by atoms with Crippen LogP contribution in [0.25, 0.3) is 0 Å². The number of nitrogens with one attached hydrogen (secondary N) is 1. The van der Waals surface area contributed by atoms with Crippen LogP contribution in [0.3, 0.4) is 0 Å². The third-order valence-corrected chi connectivity index (χ3v) is 3.20. The molecule has 2 N–H and O–H groups in total. The summed E-state index contributed by atoms with van der Waals surface area (Å²) in [4.78, 5) is 0. The summed E-state index contributed by atoms with van der Waals surface area (Å²) in [5, 5.41) is 14.0.